The summed E-state index contributed by atoms with van der Waals surface area (Å²) >= 11 is 0. The lowest BCUT2D eigenvalue weighted by Gasteiger charge is -2.28. The lowest BCUT2D eigenvalue weighted by atomic mass is 9.99. The molecule has 0 amide bonds. The van der Waals surface area contributed by atoms with E-state index in [0.717, 1.165) is 25.3 Å². The van der Waals surface area contributed by atoms with Crippen molar-refractivity contribution in [1.29, 1.82) is 0 Å². The second kappa shape index (κ2) is 7.21. The van der Waals surface area contributed by atoms with Gasteiger partial charge in [0.15, 0.2) is 0 Å². The molecule has 0 spiro atoms. The predicted molar refractivity (Wildman–Crippen MR) is 79.6 cm³/mol. The lowest BCUT2D eigenvalue weighted by molar-refractivity contribution is -0.139. The van der Waals surface area contributed by atoms with E-state index in [9.17, 15) is 9.90 Å². The van der Waals surface area contributed by atoms with Crippen LogP contribution in [0, 0.1) is 5.92 Å². The van der Waals surface area contributed by atoms with Crippen molar-refractivity contribution in [1.82, 2.24) is 9.97 Å². The number of hydrogen-bond donors (Lipinski definition) is 2. The van der Waals surface area contributed by atoms with Gasteiger partial charge in [0, 0.05) is 19.2 Å². The molecular weight excluding hydrogens is 272 g/mol. The smallest absolute Gasteiger partial charge is 0.326 e. The van der Waals surface area contributed by atoms with Gasteiger partial charge in [0.05, 0.1) is 13.2 Å². The molecule has 2 rings (SSSR count). The summed E-state index contributed by atoms with van der Waals surface area (Å²) in [5.74, 6) is 0.489. The monoisotopic (exact) mass is 294 g/mol. The van der Waals surface area contributed by atoms with Crippen molar-refractivity contribution >= 4 is 17.6 Å². The van der Waals surface area contributed by atoms with E-state index in [1.54, 1.807) is 6.07 Å². The largest absolute Gasteiger partial charge is 0.480 e. The quantitative estimate of drug-likeness (QED) is 0.815. The normalized spacial score (nSPS) is 18.1. The molecule has 21 heavy (non-hydrogen) atoms. The van der Waals surface area contributed by atoms with Crippen molar-refractivity contribution in [3.63, 3.8) is 0 Å². The number of carboxylic acids is 1. The summed E-state index contributed by atoms with van der Waals surface area (Å²) in [5, 5.41) is 12.3. The molecule has 7 nitrogen and oxygen atoms in total. The Labute approximate surface area is 124 Å². The molecule has 1 saturated heterocycles. The third kappa shape index (κ3) is 4.04. The van der Waals surface area contributed by atoms with Crippen LogP contribution in [0.2, 0.25) is 0 Å². The fourth-order valence-electron chi connectivity index (χ4n) is 2.23. The van der Waals surface area contributed by atoms with Gasteiger partial charge in [-0.15, -0.1) is 0 Å². The van der Waals surface area contributed by atoms with Crippen LogP contribution < -0.4 is 10.2 Å². The highest BCUT2D eigenvalue weighted by Gasteiger charge is 2.24. The summed E-state index contributed by atoms with van der Waals surface area (Å²) in [5.41, 5.74) is 0. The molecule has 116 valence electrons. The molecule has 1 aromatic rings. The maximum absolute atomic E-state index is 11.4. The van der Waals surface area contributed by atoms with Crippen LogP contribution in [-0.2, 0) is 9.53 Å². The van der Waals surface area contributed by atoms with E-state index in [1.807, 2.05) is 13.8 Å². The van der Waals surface area contributed by atoms with E-state index >= 15 is 0 Å². The molecule has 0 aromatic carbocycles. The molecule has 0 unspecified atom stereocenters. The zero-order chi connectivity index (χ0) is 15.2. The highest BCUT2D eigenvalue weighted by Crippen LogP contribution is 2.18. The second-order valence-electron chi connectivity index (χ2n) is 5.21. The number of aliphatic carboxylic acids is 1. The van der Waals surface area contributed by atoms with Crippen LogP contribution in [0.15, 0.2) is 12.4 Å². The first-order valence-electron chi connectivity index (χ1n) is 7.26. The molecule has 1 aliphatic rings. The van der Waals surface area contributed by atoms with Gasteiger partial charge >= 0.3 is 5.97 Å². The van der Waals surface area contributed by atoms with Crippen molar-refractivity contribution in [2.45, 2.75) is 26.3 Å². The Balaban J connectivity index is 2.10. The van der Waals surface area contributed by atoms with Crippen LogP contribution in [-0.4, -0.2) is 53.4 Å². The number of hydrogen-bond acceptors (Lipinski definition) is 6. The van der Waals surface area contributed by atoms with Gasteiger partial charge in [-0.2, -0.15) is 0 Å². The van der Waals surface area contributed by atoms with Crippen LogP contribution in [0.3, 0.4) is 0 Å². The average Bonchev–Trinajstić information content (AvgIpc) is 2.53. The third-order valence-corrected chi connectivity index (χ3v) is 3.77. The van der Waals surface area contributed by atoms with Crippen molar-refractivity contribution in [2.75, 3.05) is 36.5 Å². The minimum Gasteiger partial charge on any atom is -0.480 e. The first-order valence-corrected chi connectivity index (χ1v) is 7.26. The maximum atomic E-state index is 11.4. The molecule has 0 saturated carbocycles. The number of anilines is 2. The molecule has 1 fully saturated rings. The number of nitrogens with zero attached hydrogens (tertiary/aromatic N) is 3. The van der Waals surface area contributed by atoms with E-state index in [0.29, 0.717) is 19.0 Å². The number of carbonyl (C=O) groups is 1. The van der Waals surface area contributed by atoms with Gasteiger partial charge < -0.3 is 20.1 Å². The number of ether oxygens (including phenoxy) is 1. The Morgan fingerprint density at radius 1 is 1.48 bits per heavy atom. The Morgan fingerprint density at radius 2 is 2.19 bits per heavy atom. The summed E-state index contributed by atoms with van der Waals surface area (Å²) in [6.45, 7) is 6.81. The van der Waals surface area contributed by atoms with Gasteiger partial charge in [0.1, 0.15) is 24.0 Å². The van der Waals surface area contributed by atoms with Crippen LogP contribution in [0.4, 0.5) is 11.6 Å². The van der Waals surface area contributed by atoms with E-state index in [1.165, 1.54) is 6.33 Å². The van der Waals surface area contributed by atoms with E-state index in [4.69, 9.17) is 4.74 Å². The molecule has 7 heteroatoms. The summed E-state index contributed by atoms with van der Waals surface area (Å²) < 4.78 is 5.32. The van der Waals surface area contributed by atoms with Gasteiger partial charge in [0.25, 0.3) is 0 Å². The molecular formula is C14H22N4O3. The summed E-state index contributed by atoms with van der Waals surface area (Å²) in [7, 11) is 0. The minimum absolute atomic E-state index is 0.0179. The molecule has 1 aromatic heterocycles. The Bertz CT molecular complexity index is 477. The highest BCUT2D eigenvalue weighted by atomic mass is 16.5. The van der Waals surface area contributed by atoms with Gasteiger partial charge in [-0.05, 0) is 5.92 Å². The van der Waals surface area contributed by atoms with E-state index in [2.05, 4.69) is 20.2 Å². The number of aromatic nitrogens is 2. The highest BCUT2D eigenvalue weighted by molar-refractivity contribution is 5.77. The topological polar surface area (TPSA) is 87.6 Å². The lowest BCUT2D eigenvalue weighted by Crippen LogP contribution is -2.37. The Hall–Kier alpha value is -1.89. The van der Waals surface area contributed by atoms with E-state index in [-0.39, 0.29) is 5.92 Å². The zero-order valence-corrected chi connectivity index (χ0v) is 12.5. The van der Waals surface area contributed by atoms with Crippen LogP contribution in [0.25, 0.3) is 0 Å². The van der Waals surface area contributed by atoms with Crippen LogP contribution in [0.1, 0.15) is 20.3 Å². The Morgan fingerprint density at radius 3 is 2.81 bits per heavy atom. The number of nitrogens with one attached hydrogen (secondary N) is 1. The first-order chi connectivity index (χ1) is 10.1. The van der Waals surface area contributed by atoms with Gasteiger partial charge in [-0.3, -0.25) is 0 Å². The maximum Gasteiger partial charge on any atom is 0.326 e. The van der Waals surface area contributed by atoms with Crippen molar-refractivity contribution in [2.24, 2.45) is 5.92 Å². The second-order valence-corrected chi connectivity index (χ2v) is 5.21. The number of rotatable bonds is 6. The van der Waals surface area contributed by atoms with Gasteiger partial charge in [-0.1, -0.05) is 20.3 Å². The average molecular weight is 294 g/mol. The molecule has 0 aliphatic carbocycles. The van der Waals surface area contributed by atoms with Gasteiger partial charge in [0.2, 0.25) is 0 Å². The molecule has 0 radical (unpaired) electrons. The van der Waals surface area contributed by atoms with Crippen LogP contribution in [0.5, 0.6) is 0 Å². The van der Waals surface area contributed by atoms with Crippen molar-refractivity contribution in [3.8, 4) is 0 Å². The van der Waals surface area contributed by atoms with Crippen molar-refractivity contribution in [3.05, 3.63) is 12.4 Å². The summed E-state index contributed by atoms with van der Waals surface area (Å²) in [6, 6.07) is 1.14. The molecule has 2 atom stereocenters. The first kappa shape index (κ1) is 15.5. The number of morpholine rings is 1. The predicted octanol–water partition coefficient (Wildman–Crippen LogP) is 1.22. The van der Waals surface area contributed by atoms with Crippen molar-refractivity contribution < 1.29 is 14.6 Å². The Kier molecular flexibility index (Phi) is 5.32. The fraction of sp³-hybridized carbons (Fsp3) is 0.643. The van der Waals surface area contributed by atoms with Gasteiger partial charge in [-0.25, -0.2) is 14.8 Å². The molecule has 2 heterocycles. The summed E-state index contributed by atoms with van der Waals surface area (Å²) in [6.07, 6.45) is 2.24. The molecule has 0 bridgehead atoms. The zero-order valence-electron chi connectivity index (χ0n) is 12.5. The fourth-order valence-corrected chi connectivity index (χ4v) is 2.23. The standard InChI is InChI=1S/C14H22N4O3/c1-3-10(2)13(14(19)20)17-11-8-12(16-9-15-11)18-4-6-21-7-5-18/h8-10,13H,3-7H2,1-2H3,(H,19,20)(H,15,16,17)/t10-,13-/m0/s1. The van der Waals surface area contributed by atoms with Crippen LogP contribution >= 0.6 is 0 Å². The molecule has 2 N–H and O–H groups in total. The SMILES string of the molecule is CC[C@H](C)[C@H](Nc1cc(N2CCOCC2)ncn1)C(=O)O. The minimum atomic E-state index is -0.865. The van der Waals surface area contributed by atoms with E-state index < -0.39 is 12.0 Å². The molecule has 1 aliphatic heterocycles. The number of carboxylic acid groups (broad SMARTS) is 1. The third-order valence-electron chi connectivity index (χ3n) is 3.77. The summed E-state index contributed by atoms with van der Waals surface area (Å²) in [4.78, 5) is 21.8.